The smallest absolute Gasteiger partial charge is 0.325 e. The first-order valence-electron chi connectivity index (χ1n) is 8.05. The average Bonchev–Trinajstić information content (AvgIpc) is 2.72. The summed E-state index contributed by atoms with van der Waals surface area (Å²) in [4.78, 5) is 26.1. The van der Waals surface area contributed by atoms with Crippen LogP contribution in [0.4, 0.5) is 4.79 Å². The van der Waals surface area contributed by atoms with Crippen LogP contribution in [0.1, 0.15) is 39.5 Å². The summed E-state index contributed by atoms with van der Waals surface area (Å²) < 4.78 is 5.58. The Bertz CT molecular complexity index is 571. The van der Waals surface area contributed by atoms with Gasteiger partial charge >= 0.3 is 6.03 Å². The summed E-state index contributed by atoms with van der Waals surface area (Å²) in [6.45, 7) is 4.50. The zero-order chi connectivity index (χ0) is 16.9. The van der Waals surface area contributed by atoms with Gasteiger partial charge in [-0.3, -0.25) is 9.69 Å². The molecule has 0 spiro atoms. The van der Waals surface area contributed by atoms with Crippen LogP contribution < -0.4 is 10.1 Å². The van der Waals surface area contributed by atoms with Crippen molar-refractivity contribution in [2.45, 2.75) is 45.1 Å². The van der Waals surface area contributed by atoms with Crippen LogP contribution >= 0.6 is 11.6 Å². The number of ether oxygens (including phenoxy) is 1. The molecule has 3 amide bonds. The zero-order valence-electron chi connectivity index (χ0n) is 13.6. The molecule has 1 aromatic carbocycles. The molecule has 1 fully saturated rings. The molecule has 6 heteroatoms. The van der Waals surface area contributed by atoms with Gasteiger partial charge in [0.2, 0.25) is 0 Å². The van der Waals surface area contributed by atoms with Gasteiger partial charge in [-0.05, 0) is 31.0 Å². The molecular weight excluding hydrogens is 316 g/mol. The van der Waals surface area contributed by atoms with Gasteiger partial charge in [0.05, 0.1) is 6.54 Å². The van der Waals surface area contributed by atoms with Crippen LogP contribution in [0, 0.1) is 0 Å². The van der Waals surface area contributed by atoms with E-state index in [1.165, 1.54) is 4.90 Å². The highest BCUT2D eigenvalue weighted by Crippen LogP contribution is 2.28. The maximum absolute atomic E-state index is 12.7. The van der Waals surface area contributed by atoms with Crippen LogP contribution in [-0.2, 0) is 4.79 Å². The maximum Gasteiger partial charge on any atom is 0.325 e. The second-order valence-corrected chi connectivity index (χ2v) is 6.21. The van der Waals surface area contributed by atoms with Gasteiger partial charge in [-0.1, -0.05) is 44.4 Å². The van der Waals surface area contributed by atoms with Crippen molar-refractivity contribution in [1.82, 2.24) is 10.2 Å². The number of halogens is 1. The minimum absolute atomic E-state index is 0.138. The molecule has 126 valence electrons. The van der Waals surface area contributed by atoms with Crippen molar-refractivity contribution < 1.29 is 14.3 Å². The number of hydrogen-bond acceptors (Lipinski definition) is 3. The summed E-state index contributed by atoms with van der Waals surface area (Å²) in [6, 6.07) is 6.71. The number of nitrogens with zero attached hydrogens (tertiary/aromatic N) is 1. The largest absolute Gasteiger partial charge is 0.492 e. The van der Waals surface area contributed by atoms with E-state index < -0.39 is 5.54 Å². The van der Waals surface area contributed by atoms with Crippen LogP contribution in [-0.4, -0.2) is 35.5 Å². The van der Waals surface area contributed by atoms with Gasteiger partial charge in [0.15, 0.2) is 0 Å². The van der Waals surface area contributed by atoms with Gasteiger partial charge in [0.25, 0.3) is 5.91 Å². The molecule has 0 atom stereocenters. The summed E-state index contributed by atoms with van der Waals surface area (Å²) in [5, 5.41) is 3.47. The number of hydrogen-bond donors (Lipinski definition) is 1. The lowest BCUT2D eigenvalue weighted by atomic mass is 9.88. The summed E-state index contributed by atoms with van der Waals surface area (Å²) in [7, 11) is 0. The Labute approximate surface area is 141 Å². The molecule has 2 rings (SSSR count). The van der Waals surface area contributed by atoms with Gasteiger partial charge < -0.3 is 10.1 Å². The maximum atomic E-state index is 12.7. The number of amides is 3. The second kappa shape index (κ2) is 7.68. The molecule has 0 radical (unpaired) electrons. The van der Waals surface area contributed by atoms with Crippen molar-refractivity contribution in [2.24, 2.45) is 0 Å². The van der Waals surface area contributed by atoms with Crippen molar-refractivity contribution in [2.75, 3.05) is 13.2 Å². The first-order valence-corrected chi connectivity index (χ1v) is 8.42. The molecular formula is C17H23ClN2O3. The van der Waals surface area contributed by atoms with Crippen molar-refractivity contribution in [3.8, 4) is 5.75 Å². The standard InChI is InChI=1S/C17H23ClN2O3/c1-3-8-17(9-4-2)15(21)20(16(22)19-17)10-11-23-14-7-5-6-13(18)12-14/h5-7,12H,3-4,8-11H2,1-2H3,(H,19,22). The van der Waals surface area contributed by atoms with Crippen LogP contribution in [0.3, 0.4) is 0 Å². The minimum Gasteiger partial charge on any atom is -0.492 e. The molecule has 0 bridgehead atoms. The Morgan fingerprint density at radius 2 is 1.91 bits per heavy atom. The third kappa shape index (κ3) is 3.96. The predicted octanol–water partition coefficient (Wildman–Crippen LogP) is 3.61. The molecule has 5 nitrogen and oxygen atoms in total. The second-order valence-electron chi connectivity index (χ2n) is 5.77. The predicted molar refractivity (Wildman–Crippen MR) is 89.7 cm³/mol. The molecule has 0 unspecified atom stereocenters. The monoisotopic (exact) mass is 338 g/mol. The van der Waals surface area contributed by atoms with Crippen molar-refractivity contribution in [3.63, 3.8) is 0 Å². The number of imide groups is 1. The Morgan fingerprint density at radius 3 is 2.52 bits per heavy atom. The van der Waals surface area contributed by atoms with Gasteiger partial charge in [-0.2, -0.15) is 0 Å². The fourth-order valence-electron chi connectivity index (χ4n) is 3.01. The third-order valence-electron chi connectivity index (χ3n) is 3.98. The molecule has 1 saturated heterocycles. The first-order chi connectivity index (χ1) is 11.0. The van der Waals surface area contributed by atoms with E-state index in [-0.39, 0.29) is 25.1 Å². The van der Waals surface area contributed by atoms with E-state index in [0.29, 0.717) is 23.6 Å². The molecule has 1 aliphatic rings. The van der Waals surface area contributed by atoms with Crippen LogP contribution in [0.25, 0.3) is 0 Å². The van der Waals surface area contributed by atoms with Crippen molar-refractivity contribution in [3.05, 3.63) is 29.3 Å². The number of nitrogens with one attached hydrogen (secondary N) is 1. The van der Waals surface area contributed by atoms with Crippen LogP contribution in [0.2, 0.25) is 5.02 Å². The van der Waals surface area contributed by atoms with E-state index in [9.17, 15) is 9.59 Å². The highest BCUT2D eigenvalue weighted by molar-refractivity contribution is 6.30. The van der Waals surface area contributed by atoms with Gasteiger partial charge in [-0.15, -0.1) is 0 Å². The number of carbonyl (C=O) groups excluding carboxylic acids is 2. The minimum atomic E-state index is -0.739. The lowest BCUT2D eigenvalue weighted by Gasteiger charge is -2.25. The molecule has 1 heterocycles. The van der Waals surface area contributed by atoms with E-state index in [1.54, 1.807) is 24.3 Å². The van der Waals surface area contributed by atoms with E-state index in [4.69, 9.17) is 16.3 Å². The average molecular weight is 339 g/mol. The Morgan fingerprint density at radius 1 is 1.22 bits per heavy atom. The van der Waals surface area contributed by atoms with Gasteiger partial charge in [0.1, 0.15) is 17.9 Å². The topological polar surface area (TPSA) is 58.6 Å². The number of rotatable bonds is 8. The summed E-state index contributed by atoms with van der Waals surface area (Å²) in [5.74, 6) is 0.485. The molecule has 1 N–H and O–H groups in total. The zero-order valence-corrected chi connectivity index (χ0v) is 14.4. The van der Waals surface area contributed by atoms with E-state index in [1.807, 2.05) is 13.8 Å². The Hall–Kier alpha value is -1.75. The summed E-state index contributed by atoms with van der Waals surface area (Å²) in [6.07, 6.45) is 3.02. The number of urea groups is 1. The fourth-order valence-corrected chi connectivity index (χ4v) is 3.19. The number of carbonyl (C=O) groups is 2. The van der Waals surface area contributed by atoms with Crippen molar-refractivity contribution in [1.29, 1.82) is 0 Å². The SMILES string of the molecule is CCCC1(CCC)NC(=O)N(CCOc2cccc(Cl)c2)C1=O. The lowest BCUT2D eigenvalue weighted by molar-refractivity contribution is -0.132. The highest BCUT2D eigenvalue weighted by atomic mass is 35.5. The van der Waals surface area contributed by atoms with E-state index in [0.717, 1.165) is 12.8 Å². The van der Waals surface area contributed by atoms with E-state index in [2.05, 4.69) is 5.32 Å². The third-order valence-corrected chi connectivity index (χ3v) is 4.21. The Balaban J connectivity index is 1.97. The van der Waals surface area contributed by atoms with Crippen LogP contribution in [0.15, 0.2) is 24.3 Å². The fraction of sp³-hybridized carbons (Fsp3) is 0.529. The van der Waals surface area contributed by atoms with Gasteiger partial charge in [-0.25, -0.2) is 4.79 Å². The Kier molecular flexibility index (Phi) is 5.88. The van der Waals surface area contributed by atoms with Gasteiger partial charge in [0, 0.05) is 5.02 Å². The van der Waals surface area contributed by atoms with Crippen molar-refractivity contribution >= 4 is 23.5 Å². The molecule has 0 saturated carbocycles. The molecule has 0 aromatic heterocycles. The molecule has 23 heavy (non-hydrogen) atoms. The molecule has 1 aliphatic heterocycles. The first kappa shape index (κ1) is 17.6. The van der Waals surface area contributed by atoms with E-state index >= 15 is 0 Å². The lowest BCUT2D eigenvalue weighted by Crippen LogP contribution is -2.47. The highest BCUT2D eigenvalue weighted by Gasteiger charge is 2.49. The quantitative estimate of drug-likeness (QED) is 0.737. The van der Waals surface area contributed by atoms with Crippen LogP contribution in [0.5, 0.6) is 5.75 Å². The normalized spacial score (nSPS) is 16.6. The molecule has 0 aliphatic carbocycles. The summed E-state index contributed by atoms with van der Waals surface area (Å²) in [5.41, 5.74) is -0.739. The number of benzene rings is 1. The molecule has 1 aromatic rings. The summed E-state index contributed by atoms with van der Waals surface area (Å²) >= 11 is 5.90.